The third kappa shape index (κ3) is 3.66. The molecule has 0 aliphatic carbocycles. The quantitative estimate of drug-likeness (QED) is 0.622. The zero-order valence-corrected chi connectivity index (χ0v) is 14.4. The van der Waals surface area contributed by atoms with Gasteiger partial charge in [0.05, 0.1) is 11.4 Å². The van der Waals surface area contributed by atoms with Gasteiger partial charge in [-0.1, -0.05) is 29.3 Å². The molecule has 24 heavy (non-hydrogen) atoms. The first-order valence-electron chi connectivity index (χ1n) is 7.30. The fraction of sp³-hybridized carbons (Fsp3) is 0.111. The van der Waals surface area contributed by atoms with E-state index in [4.69, 9.17) is 23.2 Å². The number of anilines is 1. The molecule has 0 fully saturated rings. The van der Waals surface area contributed by atoms with Crippen molar-refractivity contribution >= 4 is 28.9 Å². The Bertz CT molecular complexity index is 867. The number of aryl methyl sites for hydroxylation is 1. The van der Waals surface area contributed by atoms with E-state index in [1.165, 1.54) is 12.3 Å². The molecule has 0 saturated heterocycles. The number of nitrogens with one attached hydrogen (secondary N) is 1. The number of pyridine rings is 2. The first kappa shape index (κ1) is 16.7. The summed E-state index contributed by atoms with van der Waals surface area (Å²) in [7, 11) is 0. The number of benzene rings is 1. The molecule has 6 heteroatoms. The van der Waals surface area contributed by atoms with E-state index in [-0.39, 0.29) is 0 Å². The highest BCUT2D eigenvalue weighted by atomic mass is 35.5. The van der Waals surface area contributed by atoms with Crippen molar-refractivity contribution in [2.75, 3.05) is 5.32 Å². The zero-order chi connectivity index (χ0) is 17.1. The maximum absolute atomic E-state index is 13.1. The van der Waals surface area contributed by atoms with E-state index in [0.717, 1.165) is 28.1 Å². The summed E-state index contributed by atoms with van der Waals surface area (Å²) in [6, 6.07) is 10.3. The fourth-order valence-corrected chi connectivity index (χ4v) is 2.89. The Balaban J connectivity index is 1.91. The van der Waals surface area contributed by atoms with Crippen molar-refractivity contribution in [1.29, 1.82) is 0 Å². The molecular weight excluding hydrogens is 348 g/mol. The molecule has 3 aromatic rings. The summed E-state index contributed by atoms with van der Waals surface area (Å²) in [5.74, 6) is -0.507. The van der Waals surface area contributed by atoms with Crippen LogP contribution in [0.15, 0.2) is 48.8 Å². The van der Waals surface area contributed by atoms with Gasteiger partial charge in [0.25, 0.3) is 0 Å². The van der Waals surface area contributed by atoms with E-state index < -0.39 is 5.95 Å². The second-order valence-electron chi connectivity index (χ2n) is 5.28. The Kier molecular flexibility index (Phi) is 4.97. The second kappa shape index (κ2) is 7.16. The minimum atomic E-state index is -0.507. The van der Waals surface area contributed by atoms with E-state index >= 15 is 0 Å². The van der Waals surface area contributed by atoms with Crippen LogP contribution in [0.4, 0.5) is 10.1 Å². The minimum absolute atomic E-state index is 0.507. The Labute approximate surface area is 149 Å². The lowest BCUT2D eigenvalue weighted by Gasteiger charge is -2.15. The lowest BCUT2D eigenvalue weighted by Crippen LogP contribution is -2.04. The Morgan fingerprint density at radius 1 is 1.08 bits per heavy atom. The third-order valence-electron chi connectivity index (χ3n) is 3.65. The van der Waals surface area contributed by atoms with Crippen LogP contribution in [0, 0.1) is 12.9 Å². The maximum atomic E-state index is 13.1. The predicted octanol–water partition coefficient (Wildman–Crippen LogP) is 5.51. The normalized spacial score (nSPS) is 10.7. The number of halogens is 3. The molecule has 0 aliphatic heterocycles. The first-order chi connectivity index (χ1) is 11.5. The van der Waals surface area contributed by atoms with Crippen molar-refractivity contribution in [2.24, 2.45) is 0 Å². The maximum Gasteiger partial charge on any atom is 0.212 e. The SMILES string of the molecule is Cc1nccc(-c2ccc(F)nc2)c1NCc1ccc(Cl)cc1Cl. The molecule has 0 bridgehead atoms. The molecular formula is C18H14Cl2FN3. The topological polar surface area (TPSA) is 37.8 Å². The van der Waals surface area contributed by atoms with Gasteiger partial charge in [-0.2, -0.15) is 4.39 Å². The summed E-state index contributed by atoms with van der Waals surface area (Å²) in [5, 5.41) is 4.55. The Morgan fingerprint density at radius 3 is 2.62 bits per heavy atom. The average molecular weight is 362 g/mol. The van der Waals surface area contributed by atoms with Crippen LogP contribution in [0.2, 0.25) is 10.0 Å². The van der Waals surface area contributed by atoms with Gasteiger partial charge in [-0.05, 0) is 42.8 Å². The van der Waals surface area contributed by atoms with Crippen molar-refractivity contribution in [2.45, 2.75) is 13.5 Å². The summed E-state index contributed by atoms with van der Waals surface area (Å²) < 4.78 is 13.1. The van der Waals surface area contributed by atoms with Gasteiger partial charge in [-0.15, -0.1) is 0 Å². The summed E-state index contributed by atoms with van der Waals surface area (Å²) in [5.41, 5.74) is 4.33. The molecule has 0 unspecified atom stereocenters. The van der Waals surface area contributed by atoms with Gasteiger partial charge < -0.3 is 5.32 Å². The standard InChI is InChI=1S/C18H14Cl2FN3/c1-11-18(24-10-13-2-4-14(19)8-16(13)20)15(6-7-22-11)12-3-5-17(21)23-9-12/h2-9,24H,10H2,1H3. The highest BCUT2D eigenvalue weighted by molar-refractivity contribution is 6.35. The van der Waals surface area contributed by atoms with Crippen molar-refractivity contribution in [3.8, 4) is 11.1 Å². The van der Waals surface area contributed by atoms with Gasteiger partial charge in [0.15, 0.2) is 0 Å². The number of aromatic nitrogens is 2. The van der Waals surface area contributed by atoms with Gasteiger partial charge in [-0.25, -0.2) is 4.98 Å². The molecule has 0 aliphatic rings. The average Bonchev–Trinajstić information content (AvgIpc) is 2.56. The van der Waals surface area contributed by atoms with Gasteiger partial charge in [0.1, 0.15) is 0 Å². The second-order valence-corrected chi connectivity index (χ2v) is 6.12. The van der Waals surface area contributed by atoms with Gasteiger partial charge in [0.2, 0.25) is 5.95 Å². The summed E-state index contributed by atoms with van der Waals surface area (Å²) in [6.07, 6.45) is 3.22. The summed E-state index contributed by atoms with van der Waals surface area (Å²) in [4.78, 5) is 8.04. The lowest BCUT2D eigenvalue weighted by atomic mass is 10.1. The van der Waals surface area contributed by atoms with E-state index in [1.807, 2.05) is 19.1 Å². The van der Waals surface area contributed by atoms with Gasteiger partial charge in [-0.3, -0.25) is 4.98 Å². The summed E-state index contributed by atoms with van der Waals surface area (Å²) in [6.45, 7) is 2.43. The number of hydrogen-bond donors (Lipinski definition) is 1. The van der Waals surface area contributed by atoms with Crippen LogP contribution in [0.1, 0.15) is 11.3 Å². The molecule has 0 amide bonds. The third-order valence-corrected chi connectivity index (χ3v) is 4.24. The van der Waals surface area contributed by atoms with Crippen molar-refractivity contribution in [3.05, 3.63) is 76.0 Å². The van der Waals surface area contributed by atoms with E-state index in [1.54, 1.807) is 24.4 Å². The van der Waals surface area contributed by atoms with Crippen LogP contribution in [0.3, 0.4) is 0 Å². The first-order valence-corrected chi connectivity index (χ1v) is 8.05. The largest absolute Gasteiger partial charge is 0.379 e. The number of rotatable bonds is 4. The fourth-order valence-electron chi connectivity index (χ4n) is 2.41. The van der Waals surface area contributed by atoms with Crippen LogP contribution < -0.4 is 5.32 Å². The highest BCUT2D eigenvalue weighted by Crippen LogP contribution is 2.30. The molecule has 3 nitrogen and oxygen atoms in total. The van der Waals surface area contributed by atoms with Crippen molar-refractivity contribution in [1.82, 2.24) is 9.97 Å². The van der Waals surface area contributed by atoms with Gasteiger partial charge in [0, 0.05) is 40.1 Å². The zero-order valence-electron chi connectivity index (χ0n) is 12.9. The van der Waals surface area contributed by atoms with Crippen LogP contribution in [-0.2, 0) is 6.54 Å². The molecule has 0 atom stereocenters. The monoisotopic (exact) mass is 361 g/mol. The number of hydrogen-bond acceptors (Lipinski definition) is 3. The van der Waals surface area contributed by atoms with Crippen LogP contribution >= 0.6 is 23.2 Å². The number of nitrogens with zero attached hydrogens (tertiary/aromatic N) is 2. The smallest absolute Gasteiger partial charge is 0.212 e. The molecule has 122 valence electrons. The van der Waals surface area contributed by atoms with Crippen molar-refractivity contribution < 1.29 is 4.39 Å². The molecule has 2 heterocycles. The Morgan fingerprint density at radius 2 is 1.92 bits per heavy atom. The molecule has 3 rings (SSSR count). The molecule has 2 aromatic heterocycles. The molecule has 1 aromatic carbocycles. The predicted molar refractivity (Wildman–Crippen MR) is 96.0 cm³/mol. The molecule has 1 N–H and O–H groups in total. The van der Waals surface area contributed by atoms with E-state index in [0.29, 0.717) is 16.6 Å². The Hall–Kier alpha value is -2.17. The van der Waals surface area contributed by atoms with Crippen LogP contribution in [0.25, 0.3) is 11.1 Å². The van der Waals surface area contributed by atoms with E-state index in [9.17, 15) is 4.39 Å². The highest BCUT2D eigenvalue weighted by Gasteiger charge is 2.10. The molecule has 0 saturated carbocycles. The minimum Gasteiger partial charge on any atom is -0.379 e. The van der Waals surface area contributed by atoms with Crippen molar-refractivity contribution in [3.63, 3.8) is 0 Å². The van der Waals surface area contributed by atoms with Gasteiger partial charge >= 0.3 is 0 Å². The summed E-state index contributed by atoms with van der Waals surface area (Å²) >= 11 is 12.1. The lowest BCUT2D eigenvalue weighted by molar-refractivity contribution is 0.584. The molecule has 0 radical (unpaired) electrons. The van der Waals surface area contributed by atoms with Crippen LogP contribution in [-0.4, -0.2) is 9.97 Å². The van der Waals surface area contributed by atoms with Crippen LogP contribution in [0.5, 0.6) is 0 Å². The van der Waals surface area contributed by atoms with E-state index in [2.05, 4.69) is 15.3 Å². The molecule has 0 spiro atoms.